The van der Waals surface area contributed by atoms with Crippen molar-refractivity contribution < 1.29 is 18.3 Å². The summed E-state index contributed by atoms with van der Waals surface area (Å²) >= 11 is 9.02. The standard InChI is InChI=1S/C7H4AsBrClF3O/c8-5-4(7(11,12)13)3(10)1-2(9)6(5)14/h1,14H,8H2. The molecule has 78 valence electrons. The molecule has 14 heavy (non-hydrogen) atoms. The molecule has 0 bridgehead atoms. The van der Waals surface area contributed by atoms with Gasteiger partial charge in [0.25, 0.3) is 0 Å². The Labute approximate surface area is 99.9 Å². The number of phenolic OH excluding ortho intramolecular Hbond substituents is 1. The van der Waals surface area contributed by atoms with Gasteiger partial charge in [-0.25, -0.2) is 0 Å². The van der Waals surface area contributed by atoms with Crippen molar-refractivity contribution in [1.29, 1.82) is 0 Å². The molecular formula is C7H4AsBrClF3O. The molecule has 0 fully saturated rings. The van der Waals surface area contributed by atoms with Crippen molar-refractivity contribution in [3.63, 3.8) is 0 Å². The zero-order valence-electron chi connectivity index (χ0n) is 6.49. The van der Waals surface area contributed by atoms with E-state index in [0.717, 1.165) is 6.07 Å². The molecule has 0 amide bonds. The summed E-state index contributed by atoms with van der Waals surface area (Å²) in [5, 5.41) is 8.87. The van der Waals surface area contributed by atoms with E-state index >= 15 is 0 Å². The van der Waals surface area contributed by atoms with Crippen molar-refractivity contribution in [2.24, 2.45) is 0 Å². The average Bonchev–Trinajstić information content (AvgIpc) is 1.97. The molecule has 1 aromatic carbocycles. The van der Waals surface area contributed by atoms with E-state index in [4.69, 9.17) is 11.6 Å². The normalized spacial score (nSPS) is 11.9. The number of halogens is 5. The number of phenols is 1. The number of aromatic hydroxyl groups is 1. The quantitative estimate of drug-likeness (QED) is 0.710. The number of rotatable bonds is 0. The summed E-state index contributed by atoms with van der Waals surface area (Å²) in [6.07, 6.45) is -4.54. The summed E-state index contributed by atoms with van der Waals surface area (Å²) in [6, 6.07) is 1.03. The van der Waals surface area contributed by atoms with Crippen molar-refractivity contribution in [2.45, 2.75) is 6.18 Å². The summed E-state index contributed by atoms with van der Waals surface area (Å²) < 4.78 is 37.2. The van der Waals surface area contributed by atoms with Gasteiger partial charge in [-0.1, -0.05) is 0 Å². The molecule has 0 aliphatic heterocycles. The molecule has 0 radical (unpaired) electrons. The van der Waals surface area contributed by atoms with E-state index in [-0.39, 0.29) is 8.82 Å². The first-order chi connectivity index (χ1) is 6.25. The zero-order valence-corrected chi connectivity index (χ0v) is 11.3. The van der Waals surface area contributed by atoms with Crippen LogP contribution in [0.15, 0.2) is 10.5 Å². The van der Waals surface area contributed by atoms with Crippen LogP contribution in [-0.4, -0.2) is 22.0 Å². The van der Waals surface area contributed by atoms with Crippen LogP contribution in [0.2, 0.25) is 5.02 Å². The molecular weight excluding hydrogens is 347 g/mol. The van der Waals surface area contributed by atoms with Gasteiger partial charge in [0.05, 0.1) is 0 Å². The van der Waals surface area contributed by atoms with E-state index < -0.39 is 22.5 Å². The second kappa shape index (κ2) is 3.95. The molecule has 0 spiro atoms. The number of alkyl halides is 3. The SMILES string of the molecule is Oc1c(Br)cc(Cl)c(C(F)(F)F)c1[AsH2]. The molecule has 1 N–H and O–H groups in total. The second-order valence-electron chi connectivity index (χ2n) is 2.48. The number of benzene rings is 1. The van der Waals surface area contributed by atoms with Crippen LogP contribution in [0.5, 0.6) is 5.75 Å². The fourth-order valence-electron chi connectivity index (χ4n) is 0.916. The Balaban J connectivity index is 3.53. The summed E-state index contributed by atoms with van der Waals surface area (Å²) in [4.78, 5) is 0. The average molecular weight is 351 g/mol. The molecule has 1 aromatic rings. The minimum absolute atomic E-state index is 0.162. The topological polar surface area (TPSA) is 20.2 Å². The van der Waals surface area contributed by atoms with Crippen molar-refractivity contribution in [3.05, 3.63) is 21.1 Å². The van der Waals surface area contributed by atoms with Crippen LogP contribution in [0.4, 0.5) is 13.2 Å². The van der Waals surface area contributed by atoms with Gasteiger partial charge in [-0.05, 0) is 0 Å². The number of hydrogen-bond acceptors (Lipinski definition) is 1. The molecule has 0 heterocycles. The first-order valence-corrected chi connectivity index (χ1v) is 5.67. The van der Waals surface area contributed by atoms with Gasteiger partial charge in [-0.2, -0.15) is 0 Å². The summed E-state index contributed by atoms with van der Waals surface area (Å²) in [5.74, 6) is -0.415. The molecule has 1 nitrogen and oxygen atoms in total. The summed E-state index contributed by atoms with van der Waals surface area (Å²) in [7, 11) is 0. The van der Waals surface area contributed by atoms with Gasteiger partial charge in [-0.3, -0.25) is 0 Å². The van der Waals surface area contributed by atoms with E-state index in [9.17, 15) is 18.3 Å². The van der Waals surface area contributed by atoms with Crippen LogP contribution >= 0.6 is 27.5 Å². The molecule has 0 aliphatic carbocycles. The maximum atomic E-state index is 12.4. The predicted molar refractivity (Wildman–Crippen MR) is 54.0 cm³/mol. The molecule has 0 saturated carbocycles. The third-order valence-corrected chi connectivity index (χ3v) is 3.61. The second-order valence-corrected chi connectivity index (χ2v) is 4.95. The summed E-state index contributed by atoms with van der Waals surface area (Å²) in [5.41, 5.74) is -0.972. The fraction of sp³-hybridized carbons (Fsp3) is 0.143. The van der Waals surface area contributed by atoms with Gasteiger partial charge >= 0.3 is 100 Å². The van der Waals surface area contributed by atoms with Crippen LogP contribution in [0.3, 0.4) is 0 Å². The molecule has 1 unspecified atom stereocenters. The number of hydrogen-bond donors (Lipinski definition) is 1. The Bertz CT molecular complexity index is 380. The van der Waals surface area contributed by atoms with Crippen LogP contribution in [0.1, 0.15) is 5.56 Å². The monoisotopic (exact) mass is 350 g/mol. The Kier molecular flexibility index (Phi) is 3.44. The van der Waals surface area contributed by atoms with Crippen LogP contribution in [0.25, 0.3) is 0 Å². The van der Waals surface area contributed by atoms with E-state index in [1.54, 1.807) is 0 Å². The summed E-state index contributed by atoms with van der Waals surface area (Å²) in [6.45, 7) is 0. The van der Waals surface area contributed by atoms with Crippen LogP contribution in [0, 0.1) is 0 Å². The zero-order chi connectivity index (χ0) is 11.1. The van der Waals surface area contributed by atoms with Gasteiger partial charge in [0, 0.05) is 0 Å². The van der Waals surface area contributed by atoms with Gasteiger partial charge in [-0.15, -0.1) is 0 Å². The van der Waals surface area contributed by atoms with E-state index in [1.807, 2.05) is 0 Å². The molecule has 1 atom stereocenters. The predicted octanol–water partition coefficient (Wildman–Crippen LogP) is 2.09. The van der Waals surface area contributed by atoms with E-state index in [1.165, 1.54) is 0 Å². The Hall–Kier alpha value is 0.138. The molecule has 7 heteroatoms. The van der Waals surface area contributed by atoms with Crippen molar-refractivity contribution in [1.82, 2.24) is 0 Å². The molecule has 1 rings (SSSR count). The van der Waals surface area contributed by atoms with E-state index in [0.29, 0.717) is 16.9 Å². The van der Waals surface area contributed by atoms with E-state index in [2.05, 4.69) is 15.9 Å². The maximum absolute atomic E-state index is 12.4. The van der Waals surface area contributed by atoms with Crippen molar-refractivity contribution in [2.75, 3.05) is 0 Å². The molecule has 0 saturated heterocycles. The van der Waals surface area contributed by atoms with Crippen molar-refractivity contribution >= 4 is 48.7 Å². The van der Waals surface area contributed by atoms with Gasteiger partial charge < -0.3 is 0 Å². The van der Waals surface area contributed by atoms with Crippen molar-refractivity contribution in [3.8, 4) is 5.75 Å². The Morgan fingerprint density at radius 1 is 1.43 bits per heavy atom. The molecule has 0 aromatic heterocycles. The first kappa shape index (κ1) is 12.2. The van der Waals surface area contributed by atoms with Crippen LogP contribution < -0.4 is 4.35 Å². The minimum atomic E-state index is -4.54. The van der Waals surface area contributed by atoms with Gasteiger partial charge in [0.15, 0.2) is 0 Å². The fourth-order valence-corrected chi connectivity index (χ4v) is 3.44. The molecule has 0 aliphatic rings. The Morgan fingerprint density at radius 3 is 2.36 bits per heavy atom. The van der Waals surface area contributed by atoms with Gasteiger partial charge in [0.1, 0.15) is 0 Å². The third-order valence-electron chi connectivity index (χ3n) is 1.53. The Morgan fingerprint density at radius 2 is 1.93 bits per heavy atom. The third kappa shape index (κ3) is 2.20. The first-order valence-electron chi connectivity index (χ1n) is 3.28. The van der Waals surface area contributed by atoms with Crippen LogP contribution in [-0.2, 0) is 6.18 Å². The van der Waals surface area contributed by atoms with Gasteiger partial charge in [0.2, 0.25) is 0 Å².